The van der Waals surface area contributed by atoms with E-state index in [2.05, 4.69) is 15.5 Å². The minimum Gasteiger partial charge on any atom is -0.304 e. The van der Waals surface area contributed by atoms with Gasteiger partial charge in [-0.1, -0.05) is 23.7 Å². The first-order valence-electron chi connectivity index (χ1n) is 7.69. The highest BCUT2D eigenvalue weighted by Gasteiger charge is 2.12. The van der Waals surface area contributed by atoms with Crippen molar-refractivity contribution in [2.45, 2.75) is 26.9 Å². The van der Waals surface area contributed by atoms with Gasteiger partial charge in [-0.2, -0.15) is 10.2 Å². The Balaban J connectivity index is 1.71. The molecule has 1 amide bonds. The number of aryl methyl sites for hydroxylation is 2. The standard InChI is InChI=1S/C17H18ClN5O/c1-3-22-9-8-15(20-22)17(24)19-16-10-12(2)23(21-16)11-13-4-6-14(18)7-5-13/h4-10H,3,11H2,1-2H3,(H,19,21,24). The van der Waals surface area contributed by atoms with Gasteiger partial charge in [-0.05, 0) is 37.6 Å². The van der Waals surface area contributed by atoms with Crippen LogP contribution in [0.25, 0.3) is 0 Å². The molecule has 0 aliphatic carbocycles. The molecule has 0 aliphatic rings. The summed E-state index contributed by atoms with van der Waals surface area (Å²) in [5.74, 6) is 0.246. The Hall–Kier alpha value is -2.60. The maximum Gasteiger partial charge on any atom is 0.277 e. The monoisotopic (exact) mass is 343 g/mol. The summed E-state index contributed by atoms with van der Waals surface area (Å²) >= 11 is 5.90. The zero-order valence-electron chi connectivity index (χ0n) is 13.5. The van der Waals surface area contributed by atoms with Gasteiger partial charge in [0.25, 0.3) is 5.91 Å². The van der Waals surface area contributed by atoms with Crippen molar-refractivity contribution in [3.63, 3.8) is 0 Å². The number of nitrogens with zero attached hydrogens (tertiary/aromatic N) is 4. The van der Waals surface area contributed by atoms with Gasteiger partial charge in [-0.15, -0.1) is 0 Å². The van der Waals surface area contributed by atoms with Gasteiger partial charge in [-0.25, -0.2) is 0 Å². The van der Waals surface area contributed by atoms with Gasteiger partial charge in [0.2, 0.25) is 0 Å². The lowest BCUT2D eigenvalue weighted by Crippen LogP contribution is -2.14. The lowest BCUT2D eigenvalue weighted by molar-refractivity contribution is 0.102. The Morgan fingerprint density at radius 2 is 1.96 bits per heavy atom. The Labute approximate surface area is 145 Å². The molecule has 0 spiro atoms. The highest BCUT2D eigenvalue weighted by molar-refractivity contribution is 6.30. The van der Waals surface area contributed by atoms with E-state index in [0.29, 0.717) is 23.1 Å². The summed E-state index contributed by atoms with van der Waals surface area (Å²) < 4.78 is 3.54. The molecular weight excluding hydrogens is 326 g/mol. The van der Waals surface area contributed by atoms with Crippen LogP contribution in [0.2, 0.25) is 5.02 Å². The van der Waals surface area contributed by atoms with Crippen LogP contribution >= 0.6 is 11.6 Å². The number of aromatic nitrogens is 4. The van der Waals surface area contributed by atoms with Gasteiger partial charge in [0.1, 0.15) is 0 Å². The lowest BCUT2D eigenvalue weighted by atomic mass is 10.2. The van der Waals surface area contributed by atoms with E-state index < -0.39 is 0 Å². The predicted octanol–water partition coefficient (Wildman–Crippen LogP) is 3.36. The van der Waals surface area contributed by atoms with E-state index in [1.807, 2.05) is 48.9 Å². The van der Waals surface area contributed by atoms with E-state index in [1.165, 1.54) is 0 Å². The molecule has 7 heteroatoms. The topological polar surface area (TPSA) is 64.7 Å². The van der Waals surface area contributed by atoms with Crippen molar-refractivity contribution in [2.24, 2.45) is 0 Å². The van der Waals surface area contributed by atoms with E-state index in [-0.39, 0.29) is 5.91 Å². The number of benzene rings is 1. The van der Waals surface area contributed by atoms with E-state index in [0.717, 1.165) is 17.8 Å². The SMILES string of the molecule is CCn1ccc(C(=O)Nc2cc(C)n(Cc3ccc(Cl)cc3)n2)n1. The molecule has 3 aromatic rings. The number of hydrogen-bond acceptors (Lipinski definition) is 3. The molecule has 0 bridgehead atoms. The van der Waals surface area contributed by atoms with Crippen LogP contribution < -0.4 is 5.32 Å². The van der Waals surface area contributed by atoms with E-state index in [1.54, 1.807) is 16.9 Å². The smallest absolute Gasteiger partial charge is 0.277 e. The van der Waals surface area contributed by atoms with Crippen LogP contribution in [0.4, 0.5) is 5.82 Å². The molecule has 0 saturated heterocycles. The second-order valence-electron chi connectivity index (χ2n) is 5.47. The summed E-state index contributed by atoms with van der Waals surface area (Å²) in [5, 5.41) is 12.1. The predicted molar refractivity (Wildman–Crippen MR) is 93.4 cm³/mol. The van der Waals surface area contributed by atoms with Gasteiger partial charge >= 0.3 is 0 Å². The van der Waals surface area contributed by atoms with E-state index in [4.69, 9.17) is 11.6 Å². The Kier molecular flexibility index (Phi) is 4.66. The molecule has 2 heterocycles. The minimum absolute atomic E-state index is 0.265. The number of carbonyl (C=O) groups excluding carboxylic acids is 1. The molecular formula is C17H18ClN5O. The average molecular weight is 344 g/mol. The molecule has 124 valence electrons. The quantitative estimate of drug-likeness (QED) is 0.772. The number of halogens is 1. The van der Waals surface area contributed by atoms with Gasteiger partial charge in [0.05, 0.1) is 6.54 Å². The third kappa shape index (κ3) is 3.65. The van der Waals surface area contributed by atoms with Crippen LogP contribution in [0.1, 0.15) is 28.7 Å². The summed E-state index contributed by atoms with van der Waals surface area (Å²) in [4.78, 5) is 12.2. The van der Waals surface area contributed by atoms with Crippen LogP contribution in [0.15, 0.2) is 42.6 Å². The summed E-state index contributed by atoms with van der Waals surface area (Å²) in [5.41, 5.74) is 2.42. The van der Waals surface area contributed by atoms with Crippen molar-refractivity contribution >= 4 is 23.3 Å². The normalized spacial score (nSPS) is 10.8. The van der Waals surface area contributed by atoms with Crippen LogP contribution in [0.5, 0.6) is 0 Å². The summed E-state index contributed by atoms with van der Waals surface area (Å²) in [6.45, 7) is 5.26. The summed E-state index contributed by atoms with van der Waals surface area (Å²) in [6.07, 6.45) is 1.78. The number of amides is 1. The molecule has 0 radical (unpaired) electrons. The fourth-order valence-electron chi connectivity index (χ4n) is 2.33. The number of carbonyl (C=O) groups is 1. The van der Waals surface area contributed by atoms with Crippen molar-refractivity contribution in [2.75, 3.05) is 5.32 Å². The molecule has 0 fully saturated rings. The Morgan fingerprint density at radius 1 is 1.21 bits per heavy atom. The first kappa shape index (κ1) is 16.3. The maximum absolute atomic E-state index is 12.2. The highest BCUT2D eigenvalue weighted by Crippen LogP contribution is 2.14. The fourth-order valence-corrected chi connectivity index (χ4v) is 2.46. The number of hydrogen-bond donors (Lipinski definition) is 1. The molecule has 3 rings (SSSR count). The third-order valence-electron chi connectivity index (χ3n) is 3.67. The zero-order chi connectivity index (χ0) is 17.1. The van der Waals surface area contributed by atoms with Crippen LogP contribution in [0, 0.1) is 6.92 Å². The molecule has 2 aromatic heterocycles. The third-order valence-corrected chi connectivity index (χ3v) is 3.92. The van der Waals surface area contributed by atoms with Crippen LogP contribution in [-0.4, -0.2) is 25.5 Å². The van der Waals surface area contributed by atoms with E-state index in [9.17, 15) is 4.79 Å². The number of anilines is 1. The van der Waals surface area contributed by atoms with Crippen molar-refractivity contribution in [1.82, 2.24) is 19.6 Å². The van der Waals surface area contributed by atoms with E-state index >= 15 is 0 Å². The first-order valence-corrected chi connectivity index (χ1v) is 8.06. The first-order chi connectivity index (χ1) is 11.5. The Bertz CT molecular complexity index is 850. The molecule has 0 saturated carbocycles. The van der Waals surface area contributed by atoms with Gasteiger partial charge in [0.15, 0.2) is 11.5 Å². The average Bonchev–Trinajstić information content (AvgIpc) is 3.17. The molecule has 0 aliphatic heterocycles. The summed E-state index contributed by atoms with van der Waals surface area (Å²) in [6, 6.07) is 11.1. The van der Waals surface area contributed by atoms with Gasteiger partial charge in [-0.3, -0.25) is 14.2 Å². The number of nitrogens with one attached hydrogen (secondary N) is 1. The summed E-state index contributed by atoms with van der Waals surface area (Å²) in [7, 11) is 0. The Morgan fingerprint density at radius 3 is 2.62 bits per heavy atom. The van der Waals surface area contributed by atoms with Crippen molar-refractivity contribution in [3.8, 4) is 0 Å². The fraction of sp³-hybridized carbons (Fsp3) is 0.235. The second kappa shape index (κ2) is 6.88. The minimum atomic E-state index is -0.265. The van der Waals surface area contributed by atoms with Crippen LogP contribution in [0.3, 0.4) is 0 Å². The molecule has 1 N–H and O–H groups in total. The van der Waals surface area contributed by atoms with Crippen molar-refractivity contribution < 1.29 is 4.79 Å². The van der Waals surface area contributed by atoms with Gasteiger partial charge < -0.3 is 5.32 Å². The van der Waals surface area contributed by atoms with Crippen molar-refractivity contribution in [1.29, 1.82) is 0 Å². The molecule has 1 aromatic carbocycles. The largest absolute Gasteiger partial charge is 0.304 e. The van der Waals surface area contributed by atoms with Crippen LogP contribution in [-0.2, 0) is 13.1 Å². The lowest BCUT2D eigenvalue weighted by Gasteiger charge is -2.04. The molecule has 24 heavy (non-hydrogen) atoms. The zero-order valence-corrected chi connectivity index (χ0v) is 14.3. The molecule has 0 unspecified atom stereocenters. The molecule has 6 nitrogen and oxygen atoms in total. The van der Waals surface area contributed by atoms with Gasteiger partial charge in [0, 0.05) is 29.5 Å². The van der Waals surface area contributed by atoms with Crippen molar-refractivity contribution in [3.05, 3.63) is 64.6 Å². The highest BCUT2D eigenvalue weighted by atomic mass is 35.5. The molecule has 0 atom stereocenters. The maximum atomic E-state index is 12.2. The number of rotatable bonds is 5. The second-order valence-corrected chi connectivity index (χ2v) is 5.90.